The van der Waals surface area contributed by atoms with Crippen molar-refractivity contribution in [2.45, 2.75) is 38.5 Å². The minimum atomic E-state index is 0.682. The second-order valence-electron chi connectivity index (χ2n) is 7.18. The van der Waals surface area contributed by atoms with Gasteiger partial charge in [-0.25, -0.2) is 4.98 Å². The number of hydrogen-bond acceptors (Lipinski definition) is 3. The Morgan fingerprint density at radius 3 is 2.64 bits per heavy atom. The van der Waals surface area contributed by atoms with Crippen molar-refractivity contribution in [2.75, 3.05) is 13.1 Å². The summed E-state index contributed by atoms with van der Waals surface area (Å²) in [6.07, 6.45) is 4.39. The third-order valence-electron chi connectivity index (χ3n) is 5.28. The summed E-state index contributed by atoms with van der Waals surface area (Å²) in [4.78, 5) is 4.72. The molecule has 1 N–H and O–H groups in total. The van der Waals surface area contributed by atoms with E-state index in [0.717, 1.165) is 55.3 Å². The summed E-state index contributed by atoms with van der Waals surface area (Å²) in [6, 6.07) is 19.2. The molecule has 0 radical (unpaired) electrons. The van der Waals surface area contributed by atoms with Crippen LogP contribution in [0.2, 0.25) is 0 Å². The monoisotopic (exact) mass is 374 g/mol. The summed E-state index contributed by atoms with van der Waals surface area (Å²) in [5, 5.41) is 3.46. The molecule has 2 heterocycles. The molecule has 4 rings (SSSR count). The summed E-state index contributed by atoms with van der Waals surface area (Å²) in [6.45, 7) is 10.3. The van der Waals surface area contributed by atoms with E-state index in [1.165, 1.54) is 17.5 Å². The number of oxazole rings is 1. The van der Waals surface area contributed by atoms with Crippen molar-refractivity contribution >= 4 is 0 Å². The van der Waals surface area contributed by atoms with E-state index in [9.17, 15) is 0 Å². The van der Waals surface area contributed by atoms with Crippen LogP contribution < -0.4 is 5.32 Å². The predicted molar refractivity (Wildman–Crippen MR) is 117 cm³/mol. The highest BCUT2D eigenvalue weighted by atomic mass is 16.4. The van der Waals surface area contributed by atoms with Gasteiger partial charge in [-0.1, -0.05) is 42.5 Å². The lowest BCUT2D eigenvalue weighted by molar-refractivity contribution is 0.538. The molecule has 0 bridgehead atoms. The van der Waals surface area contributed by atoms with Crippen LogP contribution in [-0.4, -0.2) is 18.1 Å². The van der Waals surface area contributed by atoms with Crippen molar-refractivity contribution < 1.29 is 4.42 Å². The molecule has 3 aromatic rings. The fraction of sp³-hybridized carbons (Fsp3) is 0.320. The predicted octanol–water partition coefficient (Wildman–Crippen LogP) is 5.70. The Bertz CT molecular complexity index is 863. The average molecular weight is 375 g/mol. The van der Waals surface area contributed by atoms with Gasteiger partial charge < -0.3 is 9.73 Å². The number of nitrogens with one attached hydrogen (secondary N) is 1. The van der Waals surface area contributed by atoms with E-state index in [1.807, 2.05) is 37.3 Å². The molecule has 1 aromatic heterocycles. The third kappa shape index (κ3) is 4.99. The Kier molecular flexibility index (Phi) is 7.21. The van der Waals surface area contributed by atoms with Gasteiger partial charge >= 0.3 is 0 Å². The average Bonchev–Trinajstić information content (AvgIpc) is 3.41. The summed E-state index contributed by atoms with van der Waals surface area (Å²) in [7, 11) is 0. The van der Waals surface area contributed by atoms with Gasteiger partial charge in [-0.05, 0) is 68.3 Å². The molecule has 1 fully saturated rings. The first-order chi connectivity index (χ1) is 13.8. The number of benzene rings is 2. The number of hydrogen-bond donors (Lipinski definition) is 1. The lowest BCUT2D eigenvalue weighted by atomic mass is 9.95. The van der Waals surface area contributed by atoms with Gasteiger partial charge in [0, 0.05) is 12.1 Å². The van der Waals surface area contributed by atoms with Crippen molar-refractivity contribution in [3.05, 3.63) is 90.3 Å². The van der Waals surface area contributed by atoms with Gasteiger partial charge in [0.25, 0.3) is 0 Å². The van der Waals surface area contributed by atoms with Gasteiger partial charge in [0.05, 0.1) is 5.69 Å². The van der Waals surface area contributed by atoms with Gasteiger partial charge in [-0.3, -0.25) is 0 Å². The van der Waals surface area contributed by atoms with Crippen LogP contribution in [0.15, 0.2) is 72.2 Å². The maximum absolute atomic E-state index is 5.87. The largest absolute Gasteiger partial charge is 0.441 e. The summed E-state index contributed by atoms with van der Waals surface area (Å²) in [5.74, 6) is 2.35. The summed E-state index contributed by atoms with van der Waals surface area (Å²) >= 11 is 0. The molecule has 1 unspecified atom stereocenters. The maximum Gasteiger partial charge on any atom is 0.226 e. The zero-order chi connectivity index (χ0) is 19.8. The molecule has 146 valence electrons. The quantitative estimate of drug-likeness (QED) is 0.562. The van der Waals surface area contributed by atoms with Crippen LogP contribution in [0.3, 0.4) is 0 Å². The lowest BCUT2D eigenvalue weighted by Crippen LogP contribution is -2.08. The van der Waals surface area contributed by atoms with Crippen molar-refractivity contribution in [3.8, 4) is 11.5 Å². The SMILES string of the molecule is C=C.Cc1oc(-c2ccccc2)nc1CCCc1cccc(C2CCNC2)c1. The highest BCUT2D eigenvalue weighted by molar-refractivity contribution is 5.53. The minimum absolute atomic E-state index is 0.682. The van der Waals surface area contributed by atoms with Crippen molar-refractivity contribution in [1.82, 2.24) is 10.3 Å². The van der Waals surface area contributed by atoms with Crippen LogP contribution in [0.25, 0.3) is 11.5 Å². The van der Waals surface area contributed by atoms with E-state index in [4.69, 9.17) is 9.40 Å². The molecule has 0 amide bonds. The molecule has 1 atom stereocenters. The van der Waals surface area contributed by atoms with Crippen LogP contribution in [0.5, 0.6) is 0 Å². The van der Waals surface area contributed by atoms with Gasteiger partial charge in [-0.15, -0.1) is 13.2 Å². The molecule has 1 saturated heterocycles. The fourth-order valence-electron chi connectivity index (χ4n) is 3.77. The first kappa shape index (κ1) is 20.1. The van der Waals surface area contributed by atoms with E-state index in [-0.39, 0.29) is 0 Å². The lowest BCUT2D eigenvalue weighted by Gasteiger charge is -2.10. The Labute approximate surface area is 168 Å². The highest BCUT2D eigenvalue weighted by Crippen LogP contribution is 2.25. The van der Waals surface area contributed by atoms with E-state index in [1.54, 1.807) is 0 Å². The van der Waals surface area contributed by atoms with Gasteiger partial charge in [0.2, 0.25) is 5.89 Å². The Morgan fingerprint density at radius 1 is 1.07 bits per heavy atom. The number of nitrogens with zero attached hydrogens (tertiary/aromatic N) is 1. The number of aromatic nitrogens is 1. The van der Waals surface area contributed by atoms with Crippen LogP contribution in [0.1, 0.15) is 41.3 Å². The fourth-order valence-corrected chi connectivity index (χ4v) is 3.77. The van der Waals surface area contributed by atoms with Gasteiger partial charge in [-0.2, -0.15) is 0 Å². The van der Waals surface area contributed by atoms with E-state index >= 15 is 0 Å². The molecule has 1 aliphatic heterocycles. The molecule has 1 aliphatic rings. The second kappa shape index (κ2) is 10.0. The Hall–Kier alpha value is -2.65. The molecular weight excluding hydrogens is 344 g/mol. The standard InChI is InChI=1S/C23H26N2O.C2H4/c1-17-22(25-23(26-17)19-9-3-2-4-10-19)12-6-8-18-7-5-11-20(15-18)21-13-14-24-16-21;1-2/h2-5,7,9-11,15,21,24H,6,8,12-14,16H2,1H3;1-2H2. The minimum Gasteiger partial charge on any atom is -0.441 e. The number of aryl methyl sites for hydroxylation is 3. The summed E-state index contributed by atoms with van der Waals surface area (Å²) < 4.78 is 5.87. The summed E-state index contributed by atoms with van der Waals surface area (Å²) in [5.41, 5.74) is 5.04. The van der Waals surface area contributed by atoms with Crippen LogP contribution in [-0.2, 0) is 12.8 Å². The smallest absolute Gasteiger partial charge is 0.226 e. The molecule has 0 aliphatic carbocycles. The molecule has 2 aromatic carbocycles. The van der Waals surface area contributed by atoms with Crippen molar-refractivity contribution in [2.24, 2.45) is 0 Å². The van der Waals surface area contributed by atoms with E-state index < -0.39 is 0 Å². The van der Waals surface area contributed by atoms with E-state index in [0.29, 0.717) is 5.92 Å². The molecular formula is C25H30N2O. The van der Waals surface area contributed by atoms with Gasteiger partial charge in [0.1, 0.15) is 5.76 Å². The molecule has 0 saturated carbocycles. The van der Waals surface area contributed by atoms with Crippen molar-refractivity contribution in [3.63, 3.8) is 0 Å². The zero-order valence-corrected chi connectivity index (χ0v) is 16.8. The van der Waals surface area contributed by atoms with Gasteiger partial charge in [0.15, 0.2) is 0 Å². The zero-order valence-electron chi connectivity index (χ0n) is 16.8. The van der Waals surface area contributed by atoms with E-state index in [2.05, 4.69) is 42.7 Å². The molecule has 28 heavy (non-hydrogen) atoms. The van der Waals surface area contributed by atoms with Crippen LogP contribution >= 0.6 is 0 Å². The molecule has 3 heteroatoms. The topological polar surface area (TPSA) is 38.1 Å². The first-order valence-corrected chi connectivity index (χ1v) is 10.1. The Morgan fingerprint density at radius 2 is 1.89 bits per heavy atom. The van der Waals surface area contributed by atoms with Crippen molar-refractivity contribution in [1.29, 1.82) is 0 Å². The third-order valence-corrected chi connectivity index (χ3v) is 5.28. The number of rotatable bonds is 6. The first-order valence-electron chi connectivity index (χ1n) is 10.1. The second-order valence-corrected chi connectivity index (χ2v) is 7.18. The normalized spacial score (nSPS) is 15.8. The van der Waals surface area contributed by atoms with Crippen LogP contribution in [0, 0.1) is 6.92 Å². The van der Waals surface area contributed by atoms with Crippen LogP contribution in [0.4, 0.5) is 0 Å². The Balaban J connectivity index is 0.00000109. The highest BCUT2D eigenvalue weighted by Gasteiger charge is 2.16. The molecule has 0 spiro atoms. The maximum atomic E-state index is 5.87. The molecule has 3 nitrogen and oxygen atoms in total.